The van der Waals surface area contributed by atoms with Crippen LogP contribution in [0.5, 0.6) is 0 Å². The summed E-state index contributed by atoms with van der Waals surface area (Å²) in [5.41, 5.74) is 9.61. The topological polar surface area (TPSA) is 51.8 Å². The van der Waals surface area contributed by atoms with Crippen LogP contribution in [0.2, 0.25) is 0 Å². The number of thiazole rings is 1. The molecule has 19 heavy (non-hydrogen) atoms. The Kier molecular flexibility index (Phi) is 3.25. The summed E-state index contributed by atoms with van der Waals surface area (Å²) in [6, 6.07) is 13.9. The summed E-state index contributed by atoms with van der Waals surface area (Å²) in [6.07, 6.45) is 2.46. The highest BCUT2D eigenvalue weighted by atomic mass is 32.1. The van der Waals surface area contributed by atoms with Crippen LogP contribution in [0.4, 0.5) is 5.69 Å². The summed E-state index contributed by atoms with van der Waals surface area (Å²) in [7, 11) is 0. The van der Waals surface area contributed by atoms with Gasteiger partial charge >= 0.3 is 0 Å². The molecule has 0 aliphatic heterocycles. The van der Waals surface area contributed by atoms with Crippen molar-refractivity contribution in [1.29, 1.82) is 0 Å². The zero-order valence-corrected chi connectivity index (χ0v) is 11.1. The molecule has 1 aromatic carbocycles. The molecule has 0 spiro atoms. The van der Waals surface area contributed by atoms with E-state index in [1.165, 1.54) is 0 Å². The van der Waals surface area contributed by atoms with E-state index in [4.69, 9.17) is 5.73 Å². The number of nitrogens with two attached hydrogens (primary N) is 1. The van der Waals surface area contributed by atoms with E-state index in [0.717, 1.165) is 34.1 Å². The van der Waals surface area contributed by atoms with Gasteiger partial charge in [0.1, 0.15) is 0 Å². The maximum absolute atomic E-state index is 5.75. The second-order valence-corrected chi connectivity index (χ2v) is 5.19. The Morgan fingerprint density at radius 2 is 1.95 bits per heavy atom. The lowest BCUT2D eigenvalue weighted by Gasteiger charge is -1.98. The fourth-order valence-electron chi connectivity index (χ4n) is 1.88. The number of anilines is 1. The second kappa shape index (κ2) is 5.20. The minimum absolute atomic E-state index is 0.725. The zero-order valence-electron chi connectivity index (χ0n) is 10.3. The first kappa shape index (κ1) is 11.9. The van der Waals surface area contributed by atoms with E-state index in [-0.39, 0.29) is 0 Å². The van der Waals surface area contributed by atoms with E-state index in [2.05, 4.69) is 27.5 Å². The molecule has 2 aromatic heterocycles. The molecule has 0 atom stereocenters. The molecular weight excluding hydrogens is 254 g/mol. The van der Waals surface area contributed by atoms with Crippen LogP contribution in [0.1, 0.15) is 10.7 Å². The van der Waals surface area contributed by atoms with Gasteiger partial charge in [0.05, 0.1) is 10.7 Å². The third kappa shape index (κ3) is 2.80. The molecule has 0 fully saturated rings. The summed E-state index contributed by atoms with van der Waals surface area (Å²) < 4.78 is 0. The smallest absolute Gasteiger partial charge is 0.0992 e. The van der Waals surface area contributed by atoms with Gasteiger partial charge in [0, 0.05) is 34.9 Å². The third-order valence-electron chi connectivity index (χ3n) is 2.79. The monoisotopic (exact) mass is 267 g/mol. The molecule has 4 heteroatoms. The van der Waals surface area contributed by atoms with Crippen LogP contribution in [0.3, 0.4) is 0 Å². The van der Waals surface area contributed by atoms with Gasteiger partial charge in [-0.25, -0.2) is 4.98 Å². The summed E-state index contributed by atoms with van der Waals surface area (Å²) in [5.74, 6) is 0. The van der Waals surface area contributed by atoms with Crippen LogP contribution in [-0.4, -0.2) is 9.97 Å². The third-order valence-corrected chi connectivity index (χ3v) is 3.64. The Hall–Kier alpha value is -2.20. The molecule has 0 bridgehead atoms. The van der Waals surface area contributed by atoms with E-state index in [1.807, 2.05) is 24.3 Å². The van der Waals surface area contributed by atoms with Gasteiger partial charge in [-0.3, -0.25) is 4.98 Å². The van der Waals surface area contributed by atoms with E-state index in [9.17, 15) is 0 Å². The first-order chi connectivity index (χ1) is 9.31. The van der Waals surface area contributed by atoms with Crippen LogP contribution < -0.4 is 5.73 Å². The highest BCUT2D eigenvalue weighted by molar-refractivity contribution is 7.10. The van der Waals surface area contributed by atoms with Gasteiger partial charge in [-0.15, -0.1) is 11.3 Å². The lowest BCUT2D eigenvalue weighted by molar-refractivity contribution is 1.05. The Labute approximate surface area is 115 Å². The van der Waals surface area contributed by atoms with Crippen molar-refractivity contribution in [2.45, 2.75) is 6.42 Å². The molecule has 0 amide bonds. The van der Waals surface area contributed by atoms with Gasteiger partial charge < -0.3 is 5.73 Å². The molecule has 0 aliphatic rings. The highest BCUT2D eigenvalue weighted by Gasteiger charge is 2.06. The van der Waals surface area contributed by atoms with Gasteiger partial charge in [-0.2, -0.15) is 0 Å². The van der Waals surface area contributed by atoms with E-state index in [0.29, 0.717) is 0 Å². The minimum atomic E-state index is 0.725. The molecule has 94 valence electrons. The van der Waals surface area contributed by atoms with Crippen LogP contribution >= 0.6 is 11.3 Å². The summed E-state index contributed by atoms with van der Waals surface area (Å²) in [6.45, 7) is 0. The van der Waals surface area contributed by atoms with Crippen molar-refractivity contribution in [2.24, 2.45) is 0 Å². The highest BCUT2D eigenvalue weighted by Crippen LogP contribution is 2.23. The minimum Gasteiger partial charge on any atom is -0.399 e. The number of hydrogen-bond donors (Lipinski definition) is 1. The number of rotatable bonds is 3. The van der Waals surface area contributed by atoms with Crippen molar-refractivity contribution in [3.05, 3.63) is 64.7 Å². The summed E-state index contributed by atoms with van der Waals surface area (Å²) >= 11 is 1.65. The Morgan fingerprint density at radius 1 is 1.11 bits per heavy atom. The SMILES string of the molecule is Nc1ccnc(Cc2nc(-c3ccccc3)cs2)c1. The molecule has 3 aromatic rings. The van der Waals surface area contributed by atoms with E-state index in [1.54, 1.807) is 23.6 Å². The normalized spacial score (nSPS) is 10.5. The average molecular weight is 267 g/mol. The number of benzene rings is 1. The van der Waals surface area contributed by atoms with Crippen LogP contribution in [0.25, 0.3) is 11.3 Å². The van der Waals surface area contributed by atoms with Crippen LogP contribution in [0, 0.1) is 0 Å². The molecule has 0 saturated heterocycles. The van der Waals surface area contributed by atoms with Crippen LogP contribution in [0.15, 0.2) is 54.0 Å². The van der Waals surface area contributed by atoms with Crippen molar-refractivity contribution in [2.75, 3.05) is 5.73 Å². The number of pyridine rings is 1. The number of nitrogens with zero attached hydrogens (tertiary/aromatic N) is 2. The van der Waals surface area contributed by atoms with Gasteiger partial charge in [0.2, 0.25) is 0 Å². The predicted octanol–water partition coefficient (Wildman–Crippen LogP) is 3.38. The van der Waals surface area contributed by atoms with Crippen molar-refractivity contribution >= 4 is 17.0 Å². The quantitative estimate of drug-likeness (QED) is 0.791. The van der Waals surface area contributed by atoms with Gasteiger partial charge in [0.15, 0.2) is 0 Å². The molecule has 0 radical (unpaired) electrons. The molecule has 0 unspecified atom stereocenters. The Balaban J connectivity index is 1.82. The van der Waals surface area contributed by atoms with Gasteiger partial charge in [0.25, 0.3) is 0 Å². The zero-order chi connectivity index (χ0) is 13.1. The fraction of sp³-hybridized carbons (Fsp3) is 0.0667. The predicted molar refractivity (Wildman–Crippen MR) is 79.0 cm³/mol. The molecule has 0 saturated carbocycles. The lowest BCUT2D eigenvalue weighted by Crippen LogP contribution is -1.94. The Morgan fingerprint density at radius 3 is 2.74 bits per heavy atom. The van der Waals surface area contributed by atoms with Crippen molar-refractivity contribution in [3.63, 3.8) is 0 Å². The molecule has 3 nitrogen and oxygen atoms in total. The van der Waals surface area contributed by atoms with E-state index >= 15 is 0 Å². The van der Waals surface area contributed by atoms with Crippen molar-refractivity contribution in [3.8, 4) is 11.3 Å². The summed E-state index contributed by atoms with van der Waals surface area (Å²) in [4.78, 5) is 8.95. The first-order valence-electron chi connectivity index (χ1n) is 6.01. The number of hydrogen-bond acceptors (Lipinski definition) is 4. The van der Waals surface area contributed by atoms with Crippen LogP contribution in [-0.2, 0) is 6.42 Å². The number of aromatic nitrogens is 2. The molecule has 2 heterocycles. The maximum atomic E-state index is 5.75. The first-order valence-corrected chi connectivity index (χ1v) is 6.89. The molecule has 3 rings (SSSR count). The average Bonchev–Trinajstić information content (AvgIpc) is 2.88. The molecular formula is C15H13N3S. The fourth-order valence-corrected chi connectivity index (χ4v) is 2.70. The second-order valence-electron chi connectivity index (χ2n) is 4.25. The maximum Gasteiger partial charge on any atom is 0.0992 e. The standard InChI is InChI=1S/C15H13N3S/c16-12-6-7-17-13(8-12)9-15-18-14(10-19-15)11-4-2-1-3-5-11/h1-8,10H,9H2,(H2,16,17). The number of nitrogen functional groups attached to an aromatic ring is 1. The molecule has 2 N–H and O–H groups in total. The largest absolute Gasteiger partial charge is 0.399 e. The molecule has 0 aliphatic carbocycles. The van der Waals surface area contributed by atoms with Crippen molar-refractivity contribution in [1.82, 2.24) is 9.97 Å². The van der Waals surface area contributed by atoms with Gasteiger partial charge in [-0.05, 0) is 12.1 Å². The summed E-state index contributed by atoms with van der Waals surface area (Å²) in [5, 5.41) is 3.13. The Bertz CT molecular complexity index is 677. The van der Waals surface area contributed by atoms with Crippen molar-refractivity contribution < 1.29 is 0 Å². The van der Waals surface area contributed by atoms with E-state index < -0.39 is 0 Å². The van der Waals surface area contributed by atoms with Gasteiger partial charge in [-0.1, -0.05) is 30.3 Å². The lowest BCUT2D eigenvalue weighted by atomic mass is 10.2.